The Kier molecular flexibility index (Phi) is 18.4. The first-order valence-corrected chi connectivity index (χ1v) is 16.3. The van der Waals surface area contributed by atoms with Crippen LogP contribution in [0.15, 0.2) is 24.3 Å². The monoisotopic (exact) mass is 617 g/mol. The van der Waals surface area contributed by atoms with Gasteiger partial charge in [0, 0.05) is 43.8 Å². The topological polar surface area (TPSA) is 136 Å². The van der Waals surface area contributed by atoms with Gasteiger partial charge in [-0.05, 0) is 54.9 Å². The Bertz CT molecular complexity index is 852. The van der Waals surface area contributed by atoms with Gasteiger partial charge in [-0.25, -0.2) is 9.59 Å². The second-order valence-electron chi connectivity index (χ2n) is 9.55. The molecule has 0 radical (unpaired) electrons. The molecule has 0 aromatic rings. The molecular weight excluding hydrogens is 566 g/mol. The molecule has 242 valence electrons. The van der Waals surface area contributed by atoms with E-state index in [4.69, 9.17) is 32.2 Å². The van der Waals surface area contributed by atoms with Crippen LogP contribution in [0.5, 0.6) is 0 Å². The molecule has 0 aromatic heterocycles. The zero-order valence-electron chi connectivity index (χ0n) is 27.0. The Morgan fingerprint density at radius 3 is 1.19 bits per heavy atom. The smallest absolute Gasteiger partial charge is 0.424 e. The highest BCUT2D eigenvalue weighted by Crippen LogP contribution is 2.28. The molecule has 0 aliphatic carbocycles. The Hall–Kier alpha value is -2.58. The lowest BCUT2D eigenvalue weighted by Crippen LogP contribution is -2.68. The molecule has 5 unspecified atom stereocenters. The minimum absolute atomic E-state index is 0.153. The van der Waals surface area contributed by atoms with Crippen molar-refractivity contribution in [2.24, 2.45) is 0 Å². The van der Waals surface area contributed by atoms with Gasteiger partial charge in [-0.3, -0.25) is 14.5 Å². The van der Waals surface area contributed by atoms with Gasteiger partial charge in [0.05, 0.1) is 5.67 Å². The molecule has 42 heavy (non-hydrogen) atoms. The van der Waals surface area contributed by atoms with Crippen LogP contribution in [0, 0.1) is 0 Å². The quantitative estimate of drug-likeness (QED) is 0.0789. The number of rotatable bonds is 21. The van der Waals surface area contributed by atoms with Crippen molar-refractivity contribution in [1.82, 2.24) is 4.90 Å². The van der Waals surface area contributed by atoms with E-state index in [1.807, 2.05) is 6.92 Å². The molecule has 0 N–H and O–H groups in total. The van der Waals surface area contributed by atoms with Crippen molar-refractivity contribution in [3.63, 3.8) is 0 Å². The molecule has 0 aliphatic heterocycles. The summed E-state index contributed by atoms with van der Waals surface area (Å²) in [7, 11) is -3.57. The van der Waals surface area contributed by atoms with E-state index in [9.17, 15) is 19.2 Å². The van der Waals surface area contributed by atoms with E-state index in [1.54, 1.807) is 53.4 Å². The fraction of sp³-hybridized carbons (Fsp3) is 0.724. The summed E-state index contributed by atoms with van der Waals surface area (Å²) in [5, 5.41) is 0. The van der Waals surface area contributed by atoms with E-state index < -0.39 is 63.0 Å². The van der Waals surface area contributed by atoms with Crippen LogP contribution < -0.4 is 0 Å². The molecule has 0 aromatic carbocycles. The largest absolute Gasteiger partial charge is 0.519 e. The number of carbonyl (C=O) groups excluding carboxylic acids is 4. The fourth-order valence-corrected chi connectivity index (χ4v) is 7.40. The maximum Gasteiger partial charge on any atom is 0.519 e. The van der Waals surface area contributed by atoms with E-state index in [0.29, 0.717) is 6.42 Å². The highest BCUT2D eigenvalue weighted by Gasteiger charge is 2.55. The summed E-state index contributed by atoms with van der Waals surface area (Å²) in [5.41, 5.74) is -0.390. The molecule has 13 heteroatoms. The van der Waals surface area contributed by atoms with Crippen LogP contribution in [0.25, 0.3) is 0 Å². The van der Waals surface area contributed by atoms with Crippen molar-refractivity contribution in [1.29, 1.82) is 0 Å². The number of ether oxygens (including phenoxy) is 4. The standard InChI is InChI=1S/C29H51NO11Si/c1-13-23(42(35-16-4,36-17-5)37-18-6)30(21(11)28(33)40-24(14-2)38-26(31)19(7)8)22(12)29(34)41-25(15-3)39-27(32)20(9)10/h21-25H,7,9,13-18H2,1-6,8,10-12H3. The summed E-state index contributed by atoms with van der Waals surface area (Å²) in [6, 6.07) is -2.16. The molecule has 0 saturated heterocycles. The first-order chi connectivity index (χ1) is 19.7. The normalized spacial score (nSPS) is 15.1. The molecule has 0 aliphatic rings. The zero-order valence-corrected chi connectivity index (χ0v) is 28.0. The van der Waals surface area contributed by atoms with Gasteiger partial charge in [0.15, 0.2) is 0 Å². The minimum atomic E-state index is -3.57. The Morgan fingerprint density at radius 1 is 0.619 bits per heavy atom. The first kappa shape index (κ1) is 39.4. The summed E-state index contributed by atoms with van der Waals surface area (Å²) in [6.45, 7) is 24.6. The molecule has 0 amide bonds. The fourth-order valence-electron chi connectivity index (χ4n) is 4.06. The SMILES string of the molecule is C=C(C)C(=O)OC(CC)OC(=O)C(C)N(C(C)C(=O)OC(CC)OC(=O)C(=C)C)C(CC)[Si](OCC)(OCC)OCC. The summed E-state index contributed by atoms with van der Waals surface area (Å²) in [6.07, 6.45) is -1.60. The third kappa shape index (κ3) is 11.6. The van der Waals surface area contributed by atoms with Crippen LogP contribution in [-0.2, 0) is 51.4 Å². The van der Waals surface area contributed by atoms with Gasteiger partial charge >= 0.3 is 32.7 Å². The molecule has 0 saturated carbocycles. The van der Waals surface area contributed by atoms with Crippen molar-refractivity contribution >= 4 is 32.7 Å². The number of hydrogen-bond acceptors (Lipinski definition) is 12. The highest BCUT2D eigenvalue weighted by molar-refractivity contribution is 6.62. The summed E-state index contributed by atoms with van der Waals surface area (Å²) >= 11 is 0. The third-order valence-corrected chi connectivity index (χ3v) is 9.70. The van der Waals surface area contributed by atoms with Crippen LogP contribution in [0.4, 0.5) is 0 Å². The molecular formula is C29H51NO11Si. The van der Waals surface area contributed by atoms with Gasteiger partial charge in [0.1, 0.15) is 12.1 Å². The van der Waals surface area contributed by atoms with E-state index in [0.717, 1.165) is 0 Å². The first-order valence-electron chi connectivity index (χ1n) is 14.5. The molecule has 12 nitrogen and oxygen atoms in total. The average molecular weight is 618 g/mol. The van der Waals surface area contributed by atoms with Crippen LogP contribution >= 0.6 is 0 Å². The van der Waals surface area contributed by atoms with Gasteiger partial charge in [0.25, 0.3) is 0 Å². The van der Waals surface area contributed by atoms with Crippen LogP contribution in [0.2, 0.25) is 0 Å². The van der Waals surface area contributed by atoms with E-state index in [-0.39, 0.29) is 43.8 Å². The Morgan fingerprint density at radius 2 is 0.952 bits per heavy atom. The number of esters is 4. The van der Waals surface area contributed by atoms with Crippen LogP contribution in [-0.4, -0.2) is 87.7 Å². The predicted molar refractivity (Wildman–Crippen MR) is 158 cm³/mol. The Balaban J connectivity index is 6.63. The number of hydrogen-bond donors (Lipinski definition) is 0. The second kappa shape index (κ2) is 19.6. The van der Waals surface area contributed by atoms with Crippen LogP contribution in [0.3, 0.4) is 0 Å². The summed E-state index contributed by atoms with van der Waals surface area (Å²) in [4.78, 5) is 52.8. The van der Waals surface area contributed by atoms with Crippen molar-refractivity contribution in [2.45, 2.75) is 119 Å². The van der Waals surface area contributed by atoms with Gasteiger partial charge < -0.3 is 32.2 Å². The molecule has 0 fully saturated rings. The Labute approximate surface area is 252 Å². The van der Waals surface area contributed by atoms with Gasteiger partial charge in [-0.1, -0.05) is 33.9 Å². The number of carbonyl (C=O) groups is 4. The second-order valence-corrected chi connectivity index (χ2v) is 12.3. The molecule has 5 atom stereocenters. The lowest BCUT2D eigenvalue weighted by Gasteiger charge is -2.44. The van der Waals surface area contributed by atoms with Crippen molar-refractivity contribution in [2.75, 3.05) is 19.8 Å². The van der Waals surface area contributed by atoms with E-state index >= 15 is 0 Å². The third-order valence-electron chi connectivity index (χ3n) is 6.10. The van der Waals surface area contributed by atoms with Crippen LogP contribution in [0.1, 0.15) is 88.5 Å². The van der Waals surface area contributed by atoms with Gasteiger partial charge in [0.2, 0.25) is 12.6 Å². The minimum Gasteiger partial charge on any atom is -0.424 e. The summed E-state index contributed by atoms with van der Waals surface area (Å²) in [5.74, 6) is -2.92. The zero-order chi connectivity index (χ0) is 32.6. The predicted octanol–water partition coefficient (Wildman–Crippen LogP) is 4.23. The van der Waals surface area contributed by atoms with Crippen molar-refractivity contribution in [3.05, 3.63) is 24.3 Å². The number of nitrogens with zero attached hydrogens (tertiary/aromatic N) is 1. The molecule has 0 bridgehead atoms. The molecule has 0 heterocycles. The van der Waals surface area contributed by atoms with E-state index in [2.05, 4.69) is 13.2 Å². The summed E-state index contributed by atoms with van der Waals surface area (Å²) < 4.78 is 40.1. The maximum absolute atomic E-state index is 13.5. The van der Waals surface area contributed by atoms with Crippen molar-refractivity contribution < 1.29 is 51.4 Å². The van der Waals surface area contributed by atoms with E-state index in [1.165, 1.54) is 13.8 Å². The molecule has 0 spiro atoms. The maximum atomic E-state index is 13.5. The van der Waals surface area contributed by atoms with Gasteiger partial charge in [-0.15, -0.1) is 0 Å². The van der Waals surface area contributed by atoms with Crippen molar-refractivity contribution in [3.8, 4) is 0 Å². The lowest BCUT2D eigenvalue weighted by molar-refractivity contribution is -0.193. The van der Waals surface area contributed by atoms with Gasteiger partial charge in [-0.2, -0.15) is 0 Å². The average Bonchev–Trinajstić information content (AvgIpc) is 2.94. The molecule has 0 rings (SSSR count). The highest BCUT2D eigenvalue weighted by atomic mass is 28.4. The lowest BCUT2D eigenvalue weighted by atomic mass is 10.1.